The summed E-state index contributed by atoms with van der Waals surface area (Å²) >= 11 is 3.62. The summed E-state index contributed by atoms with van der Waals surface area (Å²) in [6.45, 7) is 0.864. The number of H-pyrrole nitrogens is 1. The van der Waals surface area contributed by atoms with Gasteiger partial charge in [0.05, 0.1) is 17.9 Å². The minimum absolute atomic E-state index is 0.109. The third kappa shape index (κ3) is 4.29. The van der Waals surface area contributed by atoms with E-state index in [2.05, 4.69) is 49.0 Å². The van der Waals surface area contributed by atoms with Crippen LogP contribution >= 0.6 is 15.9 Å². The molecule has 1 saturated heterocycles. The van der Waals surface area contributed by atoms with Crippen LogP contribution in [0.2, 0.25) is 0 Å². The van der Waals surface area contributed by atoms with Crippen LogP contribution in [0, 0.1) is 0 Å². The number of amides is 1. The van der Waals surface area contributed by atoms with Gasteiger partial charge in [0, 0.05) is 23.0 Å². The predicted octanol–water partition coefficient (Wildman–Crippen LogP) is 5.79. The zero-order valence-corrected chi connectivity index (χ0v) is 17.4. The second-order valence-corrected chi connectivity index (χ2v) is 8.77. The number of rotatable bonds is 0. The van der Waals surface area contributed by atoms with Gasteiger partial charge in [-0.05, 0) is 49.8 Å². The maximum atomic E-state index is 12.7. The van der Waals surface area contributed by atoms with Gasteiger partial charge >= 0.3 is 0 Å². The predicted molar refractivity (Wildman–Crippen MR) is 111 cm³/mol. The minimum atomic E-state index is 0.109. The molecule has 2 aliphatic heterocycles. The highest BCUT2D eigenvalue weighted by atomic mass is 79.9. The molecule has 5 heteroatoms. The van der Waals surface area contributed by atoms with E-state index in [0.29, 0.717) is 12.3 Å². The van der Waals surface area contributed by atoms with Crippen LogP contribution in [-0.2, 0) is 11.2 Å². The van der Waals surface area contributed by atoms with Crippen LogP contribution in [0.15, 0.2) is 28.9 Å². The molecule has 0 saturated carbocycles. The molecule has 0 spiro atoms. The van der Waals surface area contributed by atoms with E-state index >= 15 is 0 Å². The molecule has 2 bridgehead atoms. The fourth-order valence-corrected chi connectivity index (χ4v) is 4.88. The number of hydrogen-bond donors (Lipinski definition) is 1. The standard InChI is InChI=1S/C22H28BrN3O/c23-17-11-12-18-16(14-17)8-5-3-1-2-4-6-10-21(27)26-13-7-9-20(26)22-24-15-19(18)25-22/h11-12,14-15,20H,1-10,13H2,(H,24,25). The fraction of sp³-hybridized carbons (Fsp3) is 0.545. The van der Waals surface area contributed by atoms with Crippen LogP contribution in [0.3, 0.4) is 0 Å². The number of carbonyl (C=O) groups is 1. The second-order valence-electron chi connectivity index (χ2n) is 7.85. The average molecular weight is 430 g/mol. The summed E-state index contributed by atoms with van der Waals surface area (Å²) in [4.78, 5) is 23.0. The number of benzene rings is 1. The third-order valence-corrected chi connectivity index (χ3v) is 6.42. The van der Waals surface area contributed by atoms with Crippen molar-refractivity contribution in [1.82, 2.24) is 14.9 Å². The molecule has 4 nitrogen and oxygen atoms in total. The highest BCUT2D eigenvalue weighted by Gasteiger charge is 2.31. The molecule has 1 aromatic carbocycles. The van der Waals surface area contributed by atoms with E-state index in [1.165, 1.54) is 36.8 Å². The van der Waals surface area contributed by atoms with E-state index in [0.717, 1.165) is 54.6 Å². The molecule has 2 aromatic rings. The summed E-state index contributed by atoms with van der Waals surface area (Å²) in [6, 6.07) is 6.63. The number of halogens is 1. The third-order valence-electron chi connectivity index (χ3n) is 5.93. The Balaban J connectivity index is 1.66. The molecule has 1 aromatic heterocycles. The highest BCUT2D eigenvalue weighted by Crippen LogP contribution is 2.34. The molecule has 1 N–H and O–H groups in total. The summed E-state index contributed by atoms with van der Waals surface area (Å²) in [7, 11) is 0. The van der Waals surface area contributed by atoms with Crippen LogP contribution in [0.5, 0.6) is 0 Å². The van der Waals surface area contributed by atoms with Crippen molar-refractivity contribution in [2.24, 2.45) is 0 Å². The highest BCUT2D eigenvalue weighted by molar-refractivity contribution is 9.10. The summed E-state index contributed by atoms with van der Waals surface area (Å²) in [5.74, 6) is 1.24. The number of hydrogen-bond acceptors (Lipinski definition) is 2. The van der Waals surface area contributed by atoms with Crippen molar-refractivity contribution in [3.8, 4) is 11.3 Å². The van der Waals surface area contributed by atoms with Crippen molar-refractivity contribution in [2.75, 3.05) is 6.54 Å². The van der Waals surface area contributed by atoms with Crippen molar-refractivity contribution in [3.63, 3.8) is 0 Å². The molecular formula is C22H28BrN3O. The van der Waals surface area contributed by atoms with Crippen molar-refractivity contribution in [2.45, 2.75) is 70.3 Å². The molecule has 2 aliphatic rings. The second kappa shape index (κ2) is 8.59. The SMILES string of the molecule is O=C1CCCCCCCCc2cc(Br)ccc2-c2cnc([nH]2)C2CCCN12. The molecule has 0 aliphatic carbocycles. The van der Waals surface area contributed by atoms with Crippen molar-refractivity contribution >= 4 is 21.8 Å². The van der Waals surface area contributed by atoms with Gasteiger partial charge in [-0.3, -0.25) is 4.79 Å². The lowest BCUT2D eigenvalue weighted by Crippen LogP contribution is -2.30. The van der Waals surface area contributed by atoms with Gasteiger partial charge in [-0.1, -0.05) is 47.7 Å². The average Bonchev–Trinajstić information content (AvgIpc) is 3.32. The van der Waals surface area contributed by atoms with E-state index in [9.17, 15) is 4.79 Å². The van der Waals surface area contributed by atoms with E-state index in [4.69, 9.17) is 0 Å². The first kappa shape index (κ1) is 18.7. The van der Waals surface area contributed by atoms with E-state index in [-0.39, 0.29) is 6.04 Å². The Morgan fingerprint density at radius 2 is 1.81 bits per heavy atom. The number of aromatic nitrogens is 2. The molecule has 144 valence electrons. The molecular weight excluding hydrogens is 402 g/mol. The Hall–Kier alpha value is -1.62. The van der Waals surface area contributed by atoms with Crippen molar-refractivity contribution < 1.29 is 4.79 Å². The first-order valence-corrected chi connectivity index (χ1v) is 11.1. The molecule has 1 atom stereocenters. The van der Waals surface area contributed by atoms with E-state index in [1.54, 1.807) is 0 Å². The maximum absolute atomic E-state index is 12.7. The maximum Gasteiger partial charge on any atom is 0.223 e. The van der Waals surface area contributed by atoms with Gasteiger partial charge in [0.2, 0.25) is 5.91 Å². The van der Waals surface area contributed by atoms with Gasteiger partial charge in [-0.2, -0.15) is 0 Å². The quantitative estimate of drug-likeness (QED) is 0.575. The lowest BCUT2D eigenvalue weighted by atomic mass is 9.98. The van der Waals surface area contributed by atoms with Gasteiger partial charge in [0.25, 0.3) is 0 Å². The van der Waals surface area contributed by atoms with Gasteiger partial charge in [0.15, 0.2) is 0 Å². The Kier molecular flexibility index (Phi) is 5.96. The Morgan fingerprint density at radius 1 is 1.04 bits per heavy atom. The van der Waals surface area contributed by atoms with Crippen LogP contribution in [-0.4, -0.2) is 27.3 Å². The molecule has 27 heavy (non-hydrogen) atoms. The Morgan fingerprint density at radius 3 is 2.67 bits per heavy atom. The van der Waals surface area contributed by atoms with Crippen LogP contribution < -0.4 is 0 Å². The zero-order chi connectivity index (χ0) is 18.6. The van der Waals surface area contributed by atoms with Gasteiger partial charge in [0.1, 0.15) is 5.82 Å². The summed E-state index contributed by atoms with van der Waals surface area (Å²) in [5, 5.41) is 0. The normalized spacial score (nSPS) is 21.7. The van der Waals surface area contributed by atoms with Gasteiger partial charge < -0.3 is 9.88 Å². The van der Waals surface area contributed by atoms with E-state index < -0.39 is 0 Å². The Bertz CT molecular complexity index is 801. The van der Waals surface area contributed by atoms with E-state index in [1.807, 2.05) is 6.20 Å². The molecule has 4 rings (SSSR count). The number of carbonyl (C=O) groups excluding carboxylic acids is 1. The summed E-state index contributed by atoms with van der Waals surface area (Å²) < 4.78 is 1.13. The monoisotopic (exact) mass is 429 g/mol. The largest absolute Gasteiger partial charge is 0.340 e. The Labute approximate surface area is 169 Å². The van der Waals surface area contributed by atoms with Crippen LogP contribution in [0.1, 0.15) is 75.2 Å². The zero-order valence-electron chi connectivity index (χ0n) is 15.8. The first-order valence-electron chi connectivity index (χ1n) is 10.4. The number of aromatic amines is 1. The lowest BCUT2D eigenvalue weighted by molar-refractivity contribution is -0.132. The smallest absolute Gasteiger partial charge is 0.223 e. The number of nitrogens with one attached hydrogen (secondary N) is 1. The number of nitrogens with zero attached hydrogens (tertiary/aromatic N) is 2. The van der Waals surface area contributed by atoms with Crippen molar-refractivity contribution in [1.29, 1.82) is 0 Å². The van der Waals surface area contributed by atoms with Crippen molar-refractivity contribution in [3.05, 3.63) is 40.3 Å². The molecule has 1 fully saturated rings. The molecule has 0 radical (unpaired) electrons. The van der Waals surface area contributed by atoms with Crippen LogP contribution in [0.4, 0.5) is 0 Å². The lowest BCUT2D eigenvalue weighted by Gasteiger charge is -2.23. The number of imidazole rings is 1. The molecule has 1 unspecified atom stereocenters. The summed E-state index contributed by atoms with van der Waals surface area (Å²) in [5.41, 5.74) is 3.67. The summed E-state index contributed by atoms with van der Waals surface area (Å²) in [6.07, 6.45) is 12.9. The number of fused-ring (bicyclic) bond motifs is 6. The molecule has 3 heterocycles. The van der Waals surface area contributed by atoms with Gasteiger partial charge in [-0.15, -0.1) is 0 Å². The minimum Gasteiger partial charge on any atom is -0.340 e. The number of aryl methyl sites for hydroxylation is 1. The van der Waals surface area contributed by atoms with Crippen LogP contribution in [0.25, 0.3) is 11.3 Å². The molecule has 1 amide bonds. The fourth-order valence-electron chi connectivity index (χ4n) is 4.47. The topological polar surface area (TPSA) is 49.0 Å². The van der Waals surface area contributed by atoms with Gasteiger partial charge in [-0.25, -0.2) is 4.98 Å². The first-order chi connectivity index (χ1) is 13.2.